The Balaban J connectivity index is 2.78. The maximum Gasteiger partial charge on any atom is 0.325 e. The number of aromatic amines is 1. The Labute approximate surface area is 84.9 Å². The Morgan fingerprint density at radius 2 is 2.20 bits per heavy atom. The number of amides is 1. The van der Waals surface area contributed by atoms with Crippen molar-refractivity contribution >= 4 is 11.9 Å². The normalized spacial score (nSPS) is 11.8. The van der Waals surface area contributed by atoms with Crippen molar-refractivity contribution in [3.63, 3.8) is 0 Å². The van der Waals surface area contributed by atoms with Gasteiger partial charge in [0.1, 0.15) is 6.04 Å². The highest BCUT2D eigenvalue weighted by atomic mass is 16.4. The van der Waals surface area contributed by atoms with Crippen LogP contribution in [0.1, 0.15) is 17.3 Å². The molecule has 0 aliphatic carbocycles. The Morgan fingerprint density at radius 1 is 1.53 bits per heavy atom. The minimum Gasteiger partial charge on any atom is -0.480 e. The summed E-state index contributed by atoms with van der Waals surface area (Å²) in [4.78, 5) is 35.0. The van der Waals surface area contributed by atoms with Crippen LogP contribution in [-0.2, 0) is 4.79 Å². The van der Waals surface area contributed by atoms with Gasteiger partial charge in [-0.1, -0.05) is 0 Å². The van der Waals surface area contributed by atoms with Crippen LogP contribution in [0.3, 0.4) is 0 Å². The largest absolute Gasteiger partial charge is 0.480 e. The second kappa shape index (κ2) is 4.41. The van der Waals surface area contributed by atoms with Gasteiger partial charge in [-0.05, 0) is 13.0 Å². The first-order valence-corrected chi connectivity index (χ1v) is 4.23. The van der Waals surface area contributed by atoms with Gasteiger partial charge >= 0.3 is 5.97 Å². The summed E-state index contributed by atoms with van der Waals surface area (Å²) in [6.07, 6.45) is 1.32. The lowest BCUT2D eigenvalue weighted by Gasteiger charge is -2.08. The fourth-order valence-electron chi connectivity index (χ4n) is 0.928. The molecule has 3 N–H and O–H groups in total. The van der Waals surface area contributed by atoms with Crippen molar-refractivity contribution in [2.24, 2.45) is 0 Å². The maximum absolute atomic E-state index is 11.4. The van der Waals surface area contributed by atoms with Crippen molar-refractivity contribution in [3.8, 4) is 0 Å². The molecule has 0 spiro atoms. The number of carboxylic acids is 1. The predicted molar refractivity (Wildman–Crippen MR) is 51.6 cm³/mol. The molecule has 1 rings (SSSR count). The summed E-state index contributed by atoms with van der Waals surface area (Å²) in [5, 5.41) is 10.8. The number of carboxylic acid groups (broad SMARTS) is 1. The lowest BCUT2D eigenvalue weighted by molar-refractivity contribution is -0.138. The molecule has 0 radical (unpaired) electrons. The first kappa shape index (κ1) is 11.0. The molecule has 1 amide bonds. The van der Waals surface area contributed by atoms with E-state index >= 15 is 0 Å². The molecular weight excluding hydrogens is 200 g/mol. The number of hydrogen-bond donors (Lipinski definition) is 3. The van der Waals surface area contributed by atoms with Gasteiger partial charge in [-0.15, -0.1) is 0 Å². The van der Waals surface area contributed by atoms with Gasteiger partial charge in [-0.25, -0.2) is 0 Å². The molecule has 0 bridgehead atoms. The maximum atomic E-state index is 11.4. The topological polar surface area (TPSA) is 99.3 Å². The van der Waals surface area contributed by atoms with Crippen molar-refractivity contribution in [1.82, 2.24) is 10.3 Å². The molecule has 0 saturated carbocycles. The zero-order valence-electron chi connectivity index (χ0n) is 7.98. The summed E-state index contributed by atoms with van der Waals surface area (Å²) in [5.74, 6) is -1.72. The summed E-state index contributed by atoms with van der Waals surface area (Å²) < 4.78 is 0. The van der Waals surface area contributed by atoms with E-state index < -0.39 is 23.5 Å². The van der Waals surface area contributed by atoms with E-state index in [1.165, 1.54) is 19.2 Å². The molecule has 15 heavy (non-hydrogen) atoms. The fraction of sp³-hybridized carbons (Fsp3) is 0.222. The van der Waals surface area contributed by atoms with E-state index in [9.17, 15) is 14.4 Å². The number of aromatic nitrogens is 1. The van der Waals surface area contributed by atoms with E-state index in [4.69, 9.17) is 5.11 Å². The minimum absolute atomic E-state index is 0.131. The molecule has 0 unspecified atom stereocenters. The highest BCUT2D eigenvalue weighted by molar-refractivity contribution is 5.96. The number of hydrogen-bond acceptors (Lipinski definition) is 3. The van der Waals surface area contributed by atoms with E-state index in [1.54, 1.807) is 0 Å². The molecule has 1 atom stereocenters. The van der Waals surface area contributed by atoms with E-state index in [1.807, 2.05) is 0 Å². The molecule has 1 heterocycles. The van der Waals surface area contributed by atoms with Crippen LogP contribution in [0, 0.1) is 0 Å². The van der Waals surface area contributed by atoms with Gasteiger partial charge in [0.15, 0.2) is 0 Å². The van der Waals surface area contributed by atoms with Crippen LogP contribution in [0.5, 0.6) is 0 Å². The number of nitrogens with one attached hydrogen (secondary N) is 2. The first-order valence-electron chi connectivity index (χ1n) is 4.23. The predicted octanol–water partition coefficient (Wildman–Crippen LogP) is -0.422. The van der Waals surface area contributed by atoms with Crippen molar-refractivity contribution in [2.45, 2.75) is 13.0 Å². The summed E-state index contributed by atoms with van der Waals surface area (Å²) in [6, 6.07) is 1.51. The Kier molecular flexibility index (Phi) is 3.22. The summed E-state index contributed by atoms with van der Waals surface area (Å²) in [6.45, 7) is 1.34. The summed E-state index contributed by atoms with van der Waals surface area (Å²) in [7, 11) is 0. The third kappa shape index (κ3) is 2.94. The number of carbonyl (C=O) groups excluding carboxylic acids is 1. The van der Waals surface area contributed by atoms with Gasteiger partial charge in [0.2, 0.25) is 5.56 Å². The molecule has 0 aliphatic heterocycles. The lowest BCUT2D eigenvalue weighted by atomic mass is 10.2. The second-order valence-electron chi connectivity index (χ2n) is 2.97. The van der Waals surface area contributed by atoms with Crippen LogP contribution in [0.2, 0.25) is 0 Å². The molecule has 1 aromatic heterocycles. The van der Waals surface area contributed by atoms with E-state index in [0.29, 0.717) is 0 Å². The third-order valence-corrected chi connectivity index (χ3v) is 1.76. The van der Waals surface area contributed by atoms with Crippen molar-refractivity contribution in [3.05, 3.63) is 34.2 Å². The minimum atomic E-state index is -1.13. The van der Waals surface area contributed by atoms with Crippen LogP contribution in [-0.4, -0.2) is 28.0 Å². The molecule has 80 valence electrons. The second-order valence-corrected chi connectivity index (χ2v) is 2.97. The monoisotopic (exact) mass is 210 g/mol. The average Bonchev–Trinajstić information content (AvgIpc) is 2.17. The number of pyridine rings is 1. The molecule has 0 aliphatic rings. The molecule has 0 aromatic carbocycles. The van der Waals surface area contributed by atoms with Crippen LogP contribution in [0.15, 0.2) is 23.1 Å². The third-order valence-electron chi connectivity index (χ3n) is 1.76. The van der Waals surface area contributed by atoms with Gasteiger partial charge in [-0.3, -0.25) is 14.4 Å². The van der Waals surface area contributed by atoms with Gasteiger partial charge in [-0.2, -0.15) is 0 Å². The zero-order valence-corrected chi connectivity index (χ0v) is 7.98. The lowest BCUT2D eigenvalue weighted by Crippen LogP contribution is -2.38. The van der Waals surface area contributed by atoms with E-state index in [2.05, 4.69) is 10.3 Å². The highest BCUT2D eigenvalue weighted by Crippen LogP contribution is 1.94. The average molecular weight is 210 g/mol. The number of aliphatic carboxylic acids is 1. The highest BCUT2D eigenvalue weighted by Gasteiger charge is 2.15. The first-order chi connectivity index (χ1) is 7.00. The van der Waals surface area contributed by atoms with Crippen molar-refractivity contribution < 1.29 is 14.7 Å². The van der Waals surface area contributed by atoms with Crippen LogP contribution >= 0.6 is 0 Å². The number of carbonyl (C=O) groups is 2. The van der Waals surface area contributed by atoms with Gasteiger partial charge < -0.3 is 15.4 Å². The zero-order chi connectivity index (χ0) is 11.4. The number of H-pyrrole nitrogens is 1. The molecule has 1 aromatic rings. The standard InChI is InChI=1S/C9H10N2O4/c1-5(9(14)15)11-8(13)6-2-3-10-7(12)4-6/h2-5H,1H3,(H,10,12)(H,11,13)(H,14,15)/t5-/m1/s1. The van der Waals surface area contributed by atoms with Gasteiger partial charge in [0, 0.05) is 17.8 Å². The Morgan fingerprint density at radius 3 is 2.73 bits per heavy atom. The van der Waals surface area contributed by atoms with Crippen LogP contribution < -0.4 is 10.9 Å². The van der Waals surface area contributed by atoms with Gasteiger partial charge in [0.25, 0.3) is 5.91 Å². The molecule has 6 nitrogen and oxygen atoms in total. The SMILES string of the molecule is C[C@@H](NC(=O)c1cc[nH]c(=O)c1)C(=O)O. The van der Waals surface area contributed by atoms with E-state index in [0.717, 1.165) is 6.07 Å². The quantitative estimate of drug-likeness (QED) is 0.630. The van der Waals surface area contributed by atoms with Crippen LogP contribution in [0.25, 0.3) is 0 Å². The van der Waals surface area contributed by atoms with Gasteiger partial charge in [0.05, 0.1) is 0 Å². The smallest absolute Gasteiger partial charge is 0.325 e. The van der Waals surface area contributed by atoms with Crippen molar-refractivity contribution in [2.75, 3.05) is 0 Å². The summed E-state index contributed by atoms with van der Waals surface area (Å²) >= 11 is 0. The van der Waals surface area contributed by atoms with Crippen molar-refractivity contribution in [1.29, 1.82) is 0 Å². The summed E-state index contributed by atoms with van der Waals surface area (Å²) in [5.41, 5.74) is -0.280. The Hall–Kier alpha value is -2.11. The molecule has 0 saturated heterocycles. The Bertz CT molecular complexity index is 438. The molecule has 0 fully saturated rings. The fourth-order valence-corrected chi connectivity index (χ4v) is 0.928. The molecular formula is C9H10N2O4. The van der Waals surface area contributed by atoms with Crippen LogP contribution in [0.4, 0.5) is 0 Å². The molecule has 6 heteroatoms. The number of rotatable bonds is 3. The van der Waals surface area contributed by atoms with E-state index in [-0.39, 0.29) is 5.56 Å².